The van der Waals surface area contributed by atoms with Gasteiger partial charge in [0.05, 0.1) is 33.4 Å². The highest BCUT2D eigenvalue weighted by molar-refractivity contribution is 6.12. The number of nitro groups is 1. The van der Waals surface area contributed by atoms with Crippen molar-refractivity contribution in [3.05, 3.63) is 75.8 Å². The van der Waals surface area contributed by atoms with Gasteiger partial charge < -0.3 is 18.9 Å². The van der Waals surface area contributed by atoms with Gasteiger partial charge in [-0.3, -0.25) is 14.9 Å². The predicted molar refractivity (Wildman–Crippen MR) is 115 cm³/mol. The summed E-state index contributed by atoms with van der Waals surface area (Å²) in [5.41, 5.74) is 1.27. The topological polar surface area (TPSA) is 97.1 Å². The molecule has 0 aliphatic rings. The number of rotatable bonds is 8. The average molecular weight is 423 g/mol. The molecule has 3 aromatic carbocycles. The first-order chi connectivity index (χ1) is 14.9. The molecule has 0 saturated heterocycles. The summed E-state index contributed by atoms with van der Waals surface area (Å²) in [5.74, 6) is 1.02. The smallest absolute Gasteiger partial charge is 0.280 e. The molecule has 0 N–H and O–H groups in total. The second kappa shape index (κ2) is 9.17. The minimum Gasteiger partial charge on any atom is -0.497 e. The monoisotopic (exact) mass is 423 g/mol. The summed E-state index contributed by atoms with van der Waals surface area (Å²) in [6.07, 6.45) is 0. The third-order valence-electron chi connectivity index (χ3n) is 4.79. The van der Waals surface area contributed by atoms with Crippen LogP contribution in [0.15, 0.2) is 54.6 Å². The zero-order valence-electron chi connectivity index (χ0n) is 17.5. The highest BCUT2D eigenvalue weighted by Crippen LogP contribution is 2.39. The predicted octanol–water partition coefficient (Wildman–Crippen LogP) is 4.53. The Balaban J connectivity index is 2.13. The van der Waals surface area contributed by atoms with Gasteiger partial charge in [0.25, 0.3) is 5.69 Å². The number of ether oxygens (including phenoxy) is 4. The molecule has 0 atom stereocenters. The molecule has 0 fully saturated rings. The van der Waals surface area contributed by atoms with E-state index in [-0.39, 0.29) is 28.3 Å². The number of methoxy groups -OCH3 is 4. The lowest BCUT2D eigenvalue weighted by Gasteiger charge is -2.14. The van der Waals surface area contributed by atoms with Gasteiger partial charge in [0, 0.05) is 11.6 Å². The molecular formula is C23H21NO7. The Morgan fingerprint density at radius 2 is 1.35 bits per heavy atom. The highest BCUT2D eigenvalue weighted by Gasteiger charge is 2.25. The number of hydrogen-bond donors (Lipinski definition) is 0. The van der Waals surface area contributed by atoms with Crippen LogP contribution < -0.4 is 18.9 Å². The molecule has 160 valence electrons. The van der Waals surface area contributed by atoms with Crippen molar-refractivity contribution in [1.29, 1.82) is 0 Å². The van der Waals surface area contributed by atoms with Crippen LogP contribution in [0.25, 0.3) is 11.1 Å². The zero-order valence-corrected chi connectivity index (χ0v) is 17.5. The SMILES string of the molecule is COc1ccc(-c2ccc([N+](=O)[O-])c(C(=O)c3cc(OC)c(OC)c(OC)c3)c2)cc1. The molecule has 0 amide bonds. The summed E-state index contributed by atoms with van der Waals surface area (Å²) < 4.78 is 21.0. The normalized spacial score (nSPS) is 10.3. The number of ketones is 1. The van der Waals surface area contributed by atoms with Crippen molar-refractivity contribution >= 4 is 11.5 Å². The van der Waals surface area contributed by atoms with Gasteiger partial charge in [0.2, 0.25) is 5.75 Å². The third kappa shape index (κ3) is 4.28. The molecule has 0 spiro atoms. The largest absolute Gasteiger partial charge is 0.497 e. The Labute approximate surface area is 179 Å². The second-order valence-electron chi connectivity index (χ2n) is 6.46. The first-order valence-electron chi connectivity index (χ1n) is 9.21. The fourth-order valence-electron chi connectivity index (χ4n) is 3.21. The molecule has 0 unspecified atom stereocenters. The highest BCUT2D eigenvalue weighted by atomic mass is 16.6. The minimum absolute atomic E-state index is 0.0485. The number of benzene rings is 3. The van der Waals surface area contributed by atoms with E-state index in [9.17, 15) is 14.9 Å². The fraction of sp³-hybridized carbons (Fsp3) is 0.174. The lowest BCUT2D eigenvalue weighted by Crippen LogP contribution is -2.07. The van der Waals surface area contributed by atoms with E-state index in [2.05, 4.69) is 0 Å². The van der Waals surface area contributed by atoms with Gasteiger partial charge >= 0.3 is 0 Å². The lowest BCUT2D eigenvalue weighted by atomic mass is 9.96. The van der Waals surface area contributed by atoms with Crippen LogP contribution >= 0.6 is 0 Å². The van der Waals surface area contributed by atoms with Crippen molar-refractivity contribution in [2.75, 3.05) is 28.4 Å². The summed E-state index contributed by atoms with van der Waals surface area (Å²) in [6, 6.07) is 14.5. The molecule has 0 aromatic heterocycles. The Morgan fingerprint density at radius 3 is 1.84 bits per heavy atom. The minimum atomic E-state index is -0.580. The summed E-state index contributed by atoms with van der Waals surface area (Å²) in [4.78, 5) is 24.3. The number of hydrogen-bond acceptors (Lipinski definition) is 7. The van der Waals surface area contributed by atoms with E-state index in [1.54, 1.807) is 25.3 Å². The molecule has 8 nitrogen and oxygen atoms in total. The van der Waals surface area contributed by atoms with Crippen LogP contribution in [0.4, 0.5) is 5.69 Å². The number of nitro benzene ring substituents is 1. The molecule has 3 rings (SSSR count). The summed E-state index contributed by atoms with van der Waals surface area (Å²) in [7, 11) is 5.87. The van der Waals surface area contributed by atoms with Crippen LogP contribution in [-0.2, 0) is 0 Å². The van der Waals surface area contributed by atoms with Crippen LogP contribution in [0.2, 0.25) is 0 Å². The van der Waals surface area contributed by atoms with E-state index >= 15 is 0 Å². The zero-order chi connectivity index (χ0) is 22.5. The first-order valence-corrected chi connectivity index (χ1v) is 9.21. The standard InChI is InChI=1S/C23H21NO7/c1-28-17-8-5-14(6-9-17)15-7-10-19(24(26)27)18(11-15)22(25)16-12-20(29-2)23(31-4)21(13-16)30-3/h5-13H,1-4H3. The Bertz CT molecular complexity index is 1100. The summed E-state index contributed by atoms with van der Waals surface area (Å²) >= 11 is 0. The van der Waals surface area contributed by atoms with Crippen molar-refractivity contribution in [2.24, 2.45) is 0 Å². The van der Waals surface area contributed by atoms with Crippen molar-refractivity contribution < 1.29 is 28.7 Å². The van der Waals surface area contributed by atoms with E-state index < -0.39 is 10.7 Å². The van der Waals surface area contributed by atoms with Crippen molar-refractivity contribution in [1.82, 2.24) is 0 Å². The van der Waals surface area contributed by atoms with Crippen molar-refractivity contribution in [3.8, 4) is 34.1 Å². The van der Waals surface area contributed by atoms with Crippen LogP contribution in [0.1, 0.15) is 15.9 Å². The Hall–Kier alpha value is -4.07. The molecule has 0 radical (unpaired) electrons. The van der Waals surface area contributed by atoms with Crippen LogP contribution in [0, 0.1) is 10.1 Å². The average Bonchev–Trinajstić information content (AvgIpc) is 2.82. The van der Waals surface area contributed by atoms with Gasteiger partial charge in [0.1, 0.15) is 11.3 Å². The number of carbonyl (C=O) groups excluding carboxylic acids is 1. The number of carbonyl (C=O) groups is 1. The van der Waals surface area contributed by atoms with Crippen LogP contribution in [0.3, 0.4) is 0 Å². The molecule has 0 aliphatic carbocycles. The molecule has 3 aromatic rings. The van der Waals surface area contributed by atoms with E-state index in [1.165, 1.54) is 45.6 Å². The first kappa shape index (κ1) is 21.6. The van der Waals surface area contributed by atoms with Gasteiger partial charge in [0.15, 0.2) is 17.3 Å². The fourth-order valence-corrected chi connectivity index (χ4v) is 3.21. The van der Waals surface area contributed by atoms with E-state index in [1.807, 2.05) is 12.1 Å². The lowest BCUT2D eigenvalue weighted by molar-refractivity contribution is -0.385. The number of nitrogens with zero attached hydrogens (tertiary/aromatic N) is 1. The Morgan fingerprint density at radius 1 is 0.774 bits per heavy atom. The third-order valence-corrected chi connectivity index (χ3v) is 4.79. The van der Waals surface area contributed by atoms with E-state index in [4.69, 9.17) is 18.9 Å². The summed E-state index contributed by atoms with van der Waals surface area (Å²) in [5, 5.41) is 11.6. The van der Waals surface area contributed by atoms with Gasteiger partial charge in [-0.2, -0.15) is 0 Å². The van der Waals surface area contributed by atoms with Gasteiger partial charge in [-0.05, 0) is 47.5 Å². The Kier molecular flexibility index (Phi) is 6.40. The maximum Gasteiger partial charge on any atom is 0.280 e. The maximum atomic E-state index is 13.3. The molecule has 0 aliphatic heterocycles. The van der Waals surface area contributed by atoms with Gasteiger partial charge in [-0.25, -0.2) is 0 Å². The molecule has 0 heterocycles. The molecule has 0 saturated carbocycles. The van der Waals surface area contributed by atoms with E-state index in [0.29, 0.717) is 17.1 Å². The van der Waals surface area contributed by atoms with Crippen LogP contribution in [0.5, 0.6) is 23.0 Å². The van der Waals surface area contributed by atoms with Crippen LogP contribution in [-0.4, -0.2) is 39.1 Å². The van der Waals surface area contributed by atoms with Crippen molar-refractivity contribution in [2.45, 2.75) is 0 Å². The van der Waals surface area contributed by atoms with Crippen molar-refractivity contribution in [3.63, 3.8) is 0 Å². The van der Waals surface area contributed by atoms with Gasteiger partial charge in [-0.15, -0.1) is 0 Å². The molecule has 0 bridgehead atoms. The maximum absolute atomic E-state index is 13.3. The molecule has 31 heavy (non-hydrogen) atoms. The van der Waals surface area contributed by atoms with E-state index in [0.717, 1.165) is 5.56 Å². The quantitative estimate of drug-likeness (QED) is 0.298. The molecule has 8 heteroatoms. The second-order valence-corrected chi connectivity index (χ2v) is 6.46. The van der Waals surface area contributed by atoms with Gasteiger partial charge in [-0.1, -0.05) is 12.1 Å². The molecular weight excluding hydrogens is 402 g/mol. The summed E-state index contributed by atoms with van der Waals surface area (Å²) in [6.45, 7) is 0.